The second-order valence-electron chi connectivity index (χ2n) is 4.53. The smallest absolute Gasteiger partial charge is 0.230 e. The Labute approximate surface area is 107 Å². The molecule has 1 aromatic rings. The summed E-state index contributed by atoms with van der Waals surface area (Å²) >= 11 is 1.48. The summed E-state index contributed by atoms with van der Waals surface area (Å²) in [5.74, 6) is 0.956. The van der Waals surface area contributed by atoms with Crippen molar-refractivity contribution in [3.63, 3.8) is 0 Å². The molecule has 0 aliphatic carbocycles. The number of benzene rings is 1. The highest BCUT2D eigenvalue weighted by molar-refractivity contribution is 8.00. The van der Waals surface area contributed by atoms with Crippen LogP contribution in [0.2, 0.25) is 0 Å². The molecular weight excluding hydrogens is 232 g/mol. The quantitative estimate of drug-likeness (QED) is 0.625. The lowest BCUT2D eigenvalue weighted by atomic mass is 10.2. The lowest BCUT2D eigenvalue weighted by Crippen LogP contribution is -2.28. The van der Waals surface area contributed by atoms with E-state index in [1.165, 1.54) is 11.8 Å². The minimum absolute atomic E-state index is 0.0598. The Kier molecular flexibility index (Phi) is 5.35. The Balaban J connectivity index is 2.44. The molecule has 0 aliphatic heterocycles. The van der Waals surface area contributed by atoms with Gasteiger partial charge in [-0.2, -0.15) is 0 Å². The van der Waals surface area contributed by atoms with Crippen molar-refractivity contribution in [1.29, 1.82) is 0 Å². The largest absolute Gasteiger partial charge is 0.398 e. The van der Waals surface area contributed by atoms with Crippen LogP contribution in [0.3, 0.4) is 0 Å². The van der Waals surface area contributed by atoms with Crippen LogP contribution in [0.1, 0.15) is 19.4 Å². The van der Waals surface area contributed by atoms with Gasteiger partial charge in [0, 0.05) is 17.1 Å². The van der Waals surface area contributed by atoms with E-state index in [0.717, 1.165) is 22.7 Å². The summed E-state index contributed by atoms with van der Waals surface area (Å²) in [6.07, 6.45) is 0. The van der Waals surface area contributed by atoms with Gasteiger partial charge >= 0.3 is 0 Å². The van der Waals surface area contributed by atoms with Crippen molar-refractivity contribution in [3.8, 4) is 0 Å². The molecule has 0 aromatic heterocycles. The van der Waals surface area contributed by atoms with Crippen molar-refractivity contribution in [3.05, 3.63) is 23.8 Å². The number of nitrogens with two attached hydrogens (primary N) is 1. The molecule has 0 spiro atoms. The zero-order chi connectivity index (χ0) is 12.8. The van der Waals surface area contributed by atoms with Crippen LogP contribution >= 0.6 is 11.8 Å². The molecule has 0 saturated carbocycles. The minimum atomic E-state index is 0.0598. The second kappa shape index (κ2) is 6.55. The van der Waals surface area contributed by atoms with Crippen molar-refractivity contribution in [2.24, 2.45) is 5.92 Å². The van der Waals surface area contributed by atoms with Gasteiger partial charge in [-0.25, -0.2) is 0 Å². The van der Waals surface area contributed by atoms with Crippen molar-refractivity contribution in [1.82, 2.24) is 5.32 Å². The molecule has 0 heterocycles. The third kappa shape index (κ3) is 5.13. The third-order valence-corrected chi connectivity index (χ3v) is 3.31. The normalized spacial score (nSPS) is 10.6. The number of nitrogen functional groups attached to an aromatic ring is 1. The molecule has 0 unspecified atom stereocenters. The number of amides is 1. The fourth-order valence-corrected chi connectivity index (χ4v) is 2.17. The molecule has 0 atom stereocenters. The lowest BCUT2D eigenvalue weighted by molar-refractivity contribution is -0.118. The average molecular weight is 252 g/mol. The summed E-state index contributed by atoms with van der Waals surface area (Å²) in [7, 11) is 0. The van der Waals surface area contributed by atoms with E-state index in [1.54, 1.807) is 0 Å². The lowest BCUT2D eigenvalue weighted by Gasteiger charge is -2.09. The number of hydrogen-bond acceptors (Lipinski definition) is 3. The maximum atomic E-state index is 11.5. The molecule has 17 heavy (non-hydrogen) atoms. The number of hydrogen-bond donors (Lipinski definition) is 2. The van der Waals surface area contributed by atoms with Crippen LogP contribution in [-0.2, 0) is 4.79 Å². The standard InChI is InChI=1S/C13H20N2OS/c1-9(2)7-15-13(16)8-17-12-6-10(3)4-5-11(12)14/h4-6,9H,7-8,14H2,1-3H3,(H,15,16). The number of carbonyl (C=O) groups excluding carboxylic acids is 1. The van der Waals surface area contributed by atoms with Gasteiger partial charge in [-0.1, -0.05) is 19.9 Å². The molecular formula is C13H20N2OS. The number of aryl methyl sites for hydroxylation is 1. The topological polar surface area (TPSA) is 55.1 Å². The number of nitrogens with one attached hydrogen (secondary N) is 1. The van der Waals surface area contributed by atoms with E-state index in [1.807, 2.05) is 25.1 Å². The maximum absolute atomic E-state index is 11.5. The summed E-state index contributed by atoms with van der Waals surface area (Å²) in [6.45, 7) is 6.89. The van der Waals surface area contributed by atoms with Crippen LogP contribution in [0.15, 0.2) is 23.1 Å². The maximum Gasteiger partial charge on any atom is 0.230 e. The van der Waals surface area contributed by atoms with E-state index in [0.29, 0.717) is 11.7 Å². The van der Waals surface area contributed by atoms with Crippen molar-refractivity contribution >= 4 is 23.4 Å². The highest BCUT2D eigenvalue weighted by Gasteiger charge is 2.06. The molecule has 94 valence electrons. The first-order valence-corrected chi connectivity index (χ1v) is 6.73. The molecule has 1 aromatic carbocycles. The van der Waals surface area contributed by atoms with Crippen LogP contribution in [0.4, 0.5) is 5.69 Å². The minimum Gasteiger partial charge on any atom is -0.398 e. The van der Waals surface area contributed by atoms with E-state index in [-0.39, 0.29) is 5.91 Å². The van der Waals surface area contributed by atoms with Gasteiger partial charge in [0.05, 0.1) is 5.75 Å². The van der Waals surface area contributed by atoms with E-state index in [2.05, 4.69) is 19.2 Å². The summed E-state index contributed by atoms with van der Waals surface area (Å²) in [5, 5.41) is 2.89. The zero-order valence-corrected chi connectivity index (χ0v) is 11.4. The molecule has 0 saturated heterocycles. The summed E-state index contributed by atoms with van der Waals surface area (Å²) in [6, 6.07) is 5.86. The van der Waals surface area contributed by atoms with Gasteiger partial charge < -0.3 is 11.1 Å². The monoisotopic (exact) mass is 252 g/mol. The molecule has 4 heteroatoms. The van der Waals surface area contributed by atoms with Gasteiger partial charge in [-0.3, -0.25) is 4.79 Å². The Bertz CT molecular complexity index is 391. The molecule has 0 aliphatic rings. The molecule has 3 N–H and O–H groups in total. The van der Waals surface area contributed by atoms with Gasteiger partial charge in [0.1, 0.15) is 0 Å². The van der Waals surface area contributed by atoms with Gasteiger partial charge in [-0.05, 0) is 30.5 Å². The van der Waals surface area contributed by atoms with E-state index in [9.17, 15) is 4.79 Å². The number of carbonyl (C=O) groups is 1. The van der Waals surface area contributed by atoms with E-state index >= 15 is 0 Å². The highest BCUT2D eigenvalue weighted by atomic mass is 32.2. The number of thioether (sulfide) groups is 1. The van der Waals surface area contributed by atoms with Crippen LogP contribution in [0.5, 0.6) is 0 Å². The Morgan fingerprint density at radius 2 is 2.18 bits per heavy atom. The molecule has 0 radical (unpaired) electrons. The fraction of sp³-hybridized carbons (Fsp3) is 0.462. The Morgan fingerprint density at radius 1 is 1.47 bits per heavy atom. The van der Waals surface area contributed by atoms with Crippen molar-refractivity contribution in [2.75, 3.05) is 18.0 Å². The van der Waals surface area contributed by atoms with Gasteiger partial charge in [-0.15, -0.1) is 11.8 Å². The predicted molar refractivity (Wildman–Crippen MR) is 74.2 cm³/mol. The van der Waals surface area contributed by atoms with Crippen molar-refractivity contribution in [2.45, 2.75) is 25.7 Å². The van der Waals surface area contributed by atoms with Crippen LogP contribution in [0.25, 0.3) is 0 Å². The first-order valence-electron chi connectivity index (χ1n) is 5.74. The zero-order valence-electron chi connectivity index (χ0n) is 10.6. The van der Waals surface area contributed by atoms with Crippen LogP contribution < -0.4 is 11.1 Å². The number of rotatable bonds is 5. The van der Waals surface area contributed by atoms with Crippen molar-refractivity contribution < 1.29 is 4.79 Å². The highest BCUT2D eigenvalue weighted by Crippen LogP contribution is 2.25. The number of anilines is 1. The molecule has 0 bridgehead atoms. The van der Waals surface area contributed by atoms with Crippen LogP contribution in [-0.4, -0.2) is 18.2 Å². The molecule has 0 fully saturated rings. The Hall–Kier alpha value is -1.16. The van der Waals surface area contributed by atoms with Crippen LogP contribution in [0, 0.1) is 12.8 Å². The summed E-state index contributed by atoms with van der Waals surface area (Å²) in [4.78, 5) is 12.5. The SMILES string of the molecule is Cc1ccc(N)c(SCC(=O)NCC(C)C)c1. The average Bonchev–Trinajstić information content (AvgIpc) is 2.27. The second-order valence-corrected chi connectivity index (χ2v) is 5.55. The van der Waals surface area contributed by atoms with Gasteiger partial charge in [0.2, 0.25) is 5.91 Å². The van der Waals surface area contributed by atoms with E-state index < -0.39 is 0 Å². The molecule has 3 nitrogen and oxygen atoms in total. The van der Waals surface area contributed by atoms with E-state index in [4.69, 9.17) is 5.73 Å². The first kappa shape index (κ1) is 13.9. The predicted octanol–water partition coefficient (Wildman–Crippen LogP) is 2.44. The first-order chi connectivity index (χ1) is 7.99. The molecule has 1 rings (SSSR count). The third-order valence-electron chi connectivity index (χ3n) is 2.24. The Morgan fingerprint density at radius 3 is 2.82 bits per heavy atom. The summed E-state index contributed by atoms with van der Waals surface area (Å²) in [5.41, 5.74) is 7.74. The van der Waals surface area contributed by atoms with Gasteiger partial charge in [0.25, 0.3) is 0 Å². The van der Waals surface area contributed by atoms with Gasteiger partial charge in [0.15, 0.2) is 0 Å². The summed E-state index contributed by atoms with van der Waals surface area (Å²) < 4.78 is 0. The molecule has 1 amide bonds. The fourth-order valence-electron chi connectivity index (χ4n) is 1.28.